The van der Waals surface area contributed by atoms with Gasteiger partial charge in [-0.25, -0.2) is 4.79 Å². The van der Waals surface area contributed by atoms with E-state index in [9.17, 15) is 9.59 Å². The normalized spacial score (nSPS) is 28.1. The first-order valence-electron chi connectivity index (χ1n) is 8.18. The van der Waals surface area contributed by atoms with E-state index in [0.717, 1.165) is 25.3 Å². The molecule has 1 aromatic heterocycles. The fraction of sp³-hybridized carbons (Fsp3) is 0.812. The molecule has 1 aromatic rings. The average Bonchev–Trinajstić information content (AvgIpc) is 2.68. The van der Waals surface area contributed by atoms with Crippen LogP contribution in [-0.2, 0) is 4.79 Å². The van der Waals surface area contributed by atoms with Gasteiger partial charge in [0, 0.05) is 12.6 Å². The van der Waals surface area contributed by atoms with Crippen molar-refractivity contribution >= 4 is 5.91 Å². The second kappa shape index (κ2) is 5.25. The molecule has 1 N–H and O–H groups in total. The van der Waals surface area contributed by atoms with Crippen LogP contribution in [0.1, 0.15) is 58.7 Å². The second-order valence-corrected chi connectivity index (χ2v) is 7.65. The van der Waals surface area contributed by atoms with E-state index in [2.05, 4.69) is 28.5 Å². The molecule has 6 nitrogen and oxygen atoms in total. The lowest BCUT2D eigenvalue weighted by atomic mass is 9.57. The maximum Gasteiger partial charge on any atom is 0.438 e. The van der Waals surface area contributed by atoms with Crippen LogP contribution in [-0.4, -0.2) is 33.5 Å². The van der Waals surface area contributed by atoms with E-state index in [0.29, 0.717) is 11.9 Å². The van der Waals surface area contributed by atoms with E-state index < -0.39 is 11.7 Å². The van der Waals surface area contributed by atoms with E-state index in [-0.39, 0.29) is 17.2 Å². The molecule has 3 fully saturated rings. The summed E-state index contributed by atoms with van der Waals surface area (Å²) in [5.41, 5.74) is 0.185. The standard InChI is InChI=1S/C16H25N3O3/c1-9(2)12(13-17-15(21)22-18-13)14(20)19-7-5-6-10-8-11(19)16(10,3)4/h9-12H,5-8H2,1-4H3,(H,17,18,21). The van der Waals surface area contributed by atoms with E-state index in [1.165, 1.54) is 6.42 Å². The molecule has 3 heterocycles. The quantitative estimate of drug-likeness (QED) is 0.928. The first kappa shape index (κ1) is 15.3. The summed E-state index contributed by atoms with van der Waals surface area (Å²) in [6.45, 7) is 9.28. The minimum atomic E-state index is -0.603. The number of hydrogen-bond donors (Lipinski definition) is 1. The number of aromatic nitrogens is 2. The van der Waals surface area contributed by atoms with Crippen LogP contribution in [0.5, 0.6) is 0 Å². The number of fused-ring (bicyclic) bond motifs is 3. The zero-order valence-corrected chi connectivity index (χ0v) is 13.8. The topological polar surface area (TPSA) is 79.2 Å². The second-order valence-electron chi connectivity index (χ2n) is 7.65. The number of nitrogens with zero attached hydrogens (tertiary/aromatic N) is 2. The number of hydrogen-bond acceptors (Lipinski definition) is 4. The summed E-state index contributed by atoms with van der Waals surface area (Å²) in [5.74, 6) is 0.142. The summed E-state index contributed by atoms with van der Waals surface area (Å²) >= 11 is 0. The van der Waals surface area contributed by atoms with Crippen molar-refractivity contribution in [3.63, 3.8) is 0 Å². The van der Waals surface area contributed by atoms with Gasteiger partial charge in [0.1, 0.15) is 5.92 Å². The predicted octanol–water partition coefficient (Wildman–Crippen LogP) is 2.14. The largest absolute Gasteiger partial charge is 0.438 e. The number of nitrogens with one attached hydrogen (secondary N) is 1. The third kappa shape index (κ3) is 2.29. The number of carbonyl (C=O) groups is 1. The molecular formula is C16H25N3O3. The van der Waals surface area contributed by atoms with Crippen LogP contribution in [0.4, 0.5) is 0 Å². The molecule has 6 heteroatoms. The van der Waals surface area contributed by atoms with E-state index in [4.69, 9.17) is 0 Å². The number of amides is 1. The number of H-pyrrole nitrogens is 1. The Bertz CT molecular complexity index is 616. The summed E-state index contributed by atoms with van der Waals surface area (Å²) in [7, 11) is 0. The molecule has 0 aromatic carbocycles. The fourth-order valence-corrected chi connectivity index (χ4v) is 4.21. The Morgan fingerprint density at radius 2 is 2.18 bits per heavy atom. The zero-order chi connectivity index (χ0) is 16.1. The molecule has 2 saturated heterocycles. The fourth-order valence-electron chi connectivity index (χ4n) is 4.21. The lowest BCUT2D eigenvalue weighted by molar-refractivity contribution is -0.145. The molecule has 22 heavy (non-hydrogen) atoms. The molecule has 122 valence electrons. The van der Waals surface area contributed by atoms with Crippen molar-refractivity contribution in [3.8, 4) is 0 Å². The van der Waals surface area contributed by atoms with E-state index in [1.54, 1.807) is 0 Å². The van der Waals surface area contributed by atoms with Crippen LogP contribution in [0.2, 0.25) is 0 Å². The van der Waals surface area contributed by atoms with Gasteiger partial charge in [-0.05, 0) is 36.5 Å². The van der Waals surface area contributed by atoms with Crippen molar-refractivity contribution < 1.29 is 9.32 Å². The van der Waals surface area contributed by atoms with Crippen LogP contribution >= 0.6 is 0 Å². The smallest absolute Gasteiger partial charge is 0.339 e. The van der Waals surface area contributed by atoms with Crippen molar-refractivity contribution in [2.24, 2.45) is 17.3 Å². The summed E-state index contributed by atoms with van der Waals surface area (Å²) in [4.78, 5) is 29.0. The molecule has 3 unspecified atom stereocenters. The van der Waals surface area contributed by atoms with Gasteiger partial charge in [-0.3, -0.25) is 14.3 Å². The van der Waals surface area contributed by atoms with Gasteiger partial charge in [-0.15, -0.1) is 0 Å². The van der Waals surface area contributed by atoms with Crippen molar-refractivity contribution in [1.29, 1.82) is 0 Å². The molecule has 1 amide bonds. The van der Waals surface area contributed by atoms with Gasteiger partial charge >= 0.3 is 5.76 Å². The van der Waals surface area contributed by atoms with E-state index in [1.807, 2.05) is 18.7 Å². The Kier molecular flexibility index (Phi) is 3.65. The average molecular weight is 307 g/mol. The lowest BCUT2D eigenvalue weighted by Crippen LogP contribution is -2.58. The van der Waals surface area contributed by atoms with Gasteiger partial charge in [0.05, 0.1) is 0 Å². The predicted molar refractivity (Wildman–Crippen MR) is 81.3 cm³/mol. The molecule has 1 aliphatic carbocycles. The molecule has 1 saturated carbocycles. The van der Waals surface area contributed by atoms with Gasteiger partial charge in [-0.2, -0.15) is 0 Å². The minimum Gasteiger partial charge on any atom is -0.339 e. The Labute approximate surface area is 130 Å². The van der Waals surface area contributed by atoms with Gasteiger partial charge in [0.2, 0.25) is 5.91 Å². The molecule has 2 bridgehead atoms. The minimum absolute atomic E-state index is 0.0514. The Morgan fingerprint density at radius 3 is 2.73 bits per heavy atom. The molecular weight excluding hydrogens is 282 g/mol. The highest BCUT2D eigenvalue weighted by atomic mass is 16.5. The van der Waals surface area contributed by atoms with Crippen LogP contribution in [0, 0.1) is 17.3 Å². The monoisotopic (exact) mass is 307 g/mol. The number of carbonyl (C=O) groups excluding carboxylic acids is 1. The Hall–Kier alpha value is -1.59. The number of aromatic amines is 1. The first-order valence-corrected chi connectivity index (χ1v) is 8.18. The Balaban J connectivity index is 1.89. The lowest BCUT2D eigenvalue weighted by Gasteiger charge is -2.54. The highest BCUT2D eigenvalue weighted by Gasteiger charge is 2.53. The summed E-state index contributed by atoms with van der Waals surface area (Å²) < 4.78 is 4.60. The third-order valence-corrected chi connectivity index (χ3v) is 5.71. The van der Waals surface area contributed by atoms with Crippen molar-refractivity contribution in [2.45, 2.75) is 58.9 Å². The molecule has 3 atom stereocenters. The first-order chi connectivity index (χ1) is 10.3. The van der Waals surface area contributed by atoms with Gasteiger partial charge < -0.3 is 4.90 Å². The van der Waals surface area contributed by atoms with Crippen molar-refractivity contribution in [2.75, 3.05) is 6.54 Å². The van der Waals surface area contributed by atoms with Crippen LogP contribution < -0.4 is 5.76 Å². The molecule has 0 radical (unpaired) electrons. The third-order valence-electron chi connectivity index (χ3n) is 5.71. The SMILES string of the molecule is CC(C)C(C(=O)N1CCCC2CC1C2(C)C)c1noc(=O)[nH]1. The summed E-state index contributed by atoms with van der Waals surface area (Å²) in [5, 5.41) is 3.76. The maximum atomic E-state index is 13.1. The highest BCUT2D eigenvalue weighted by molar-refractivity contribution is 5.83. The Morgan fingerprint density at radius 1 is 1.45 bits per heavy atom. The highest BCUT2D eigenvalue weighted by Crippen LogP contribution is 2.53. The summed E-state index contributed by atoms with van der Waals surface area (Å²) in [6.07, 6.45) is 3.34. The van der Waals surface area contributed by atoms with Crippen LogP contribution in [0.25, 0.3) is 0 Å². The molecule has 4 rings (SSSR count). The van der Waals surface area contributed by atoms with Crippen LogP contribution in [0.3, 0.4) is 0 Å². The van der Waals surface area contributed by atoms with Crippen molar-refractivity contribution in [3.05, 3.63) is 16.4 Å². The van der Waals surface area contributed by atoms with Crippen molar-refractivity contribution in [1.82, 2.24) is 15.0 Å². The number of rotatable bonds is 3. The molecule has 2 aliphatic heterocycles. The molecule has 0 spiro atoms. The van der Waals surface area contributed by atoms with Crippen LogP contribution in [0.15, 0.2) is 9.32 Å². The van der Waals surface area contributed by atoms with Gasteiger partial charge in [0.25, 0.3) is 0 Å². The van der Waals surface area contributed by atoms with Gasteiger partial charge in [0.15, 0.2) is 5.82 Å². The summed E-state index contributed by atoms with van der Waals surface area (Å²) in [6, 6.07) is 0.298. The van der Waals surface area contributed by atoms with E-state index >= 15 is 0 Å². The molecule has 3 aliphatic rings. The van der Waals surface area contributed by atoms with Gasteiger partial charge in [-0.1, -0.05) is 32.9 Å². The zero-order valence-electron chi connectivity index (χ0n) is 13.8. The maximum absolute atomic E-state index is 13.1.